The third-order valence-corrected chi connectivity index (χ3v) is 2.03. The highest BCUT2D eigenvalue weighted by molar-refractivity contribution is 6.35. The summed E-state index contributed by atoms with van der Waals surface area (Å²) in [6.45, 7) is 0. The zero-order valence-corrected chi connectivity index (χ0v) is 8.97. The van der Waals surface area contributed by atoms with Crippen LogP contribution in [0.4, 0.5) is 0 Å². The molecule has 0 aliphatic rings. The van der Waals surface area contributed by atoms with E-state index in [0.29, 0.717) is 15.6 Å². The molecule has 1 aromatic carbocycles. The van der Waals surface area contributed by atoms with E-state index in [1.807, 2.05) is 0 Å². The summed E-state index contributed by atoms with van der Waals surface area (Å²) in [4.78, 5) is 9.51. The summed E-state index contributed by atoms with van der Waals surface area (Å²) in [5, 5.41) is 10.5. The van der Waals surface area contributed by atoms with Crippen molar-refractivity contribution in [1.82, 2.24) is 0 Å². The van der Waals surface area contributed by atoms with Crippen LogP contribution >= 0.6 is 34.8 Å². The van der Waals surface area contributed by atoms with Crippen LogP contribution in [0.2, 0.25) is 10.0 Å². The third kappa shape index (κ3) is 3.18. The molecule has 0 spiro atoms. The second-order valence-electron chi connectivity index (χ2n) is 2.43. The molecule has 0 aromatic heterocycles. The van der Waals surface area contributed by atoms with Crippen molar-refractivity contribution in [1.29, 1.82) is 0 Å². The smallest absolute Gasteiger partial charge is 0.257 e. The Hall–Kier alpha value is -0.770. The molecule has 0 radical (unpaired) electrons. The maximum Gasteiger partial charge on any atom is 0.337 e. The summed E-state index contributed by atoms with van der Waals surface area (Å²) in [6.07, 6.45) is 1.18. The van der Waals surface area contributed by atoms with Gasteiger partial charge in [0.2, 0.25) is 0 Å². The SMILES string of the molecule is O=[N+]([O-])C(Cl)=Cc1cc(Cl)cc(Cl)c1. The summed E-state index contributed by atoms with van der Waals surface area (Å²) in [5.41, 5.74) is 0.490. The predicted octanol–water partition coefficient (Wildman–Crippen LogP) is 3.81. The highest BCUT2D eigenvalue weighted by Gasteiger charge is 2.06. The van der Waals surface area contributed by atoms with Crippen LogP contribution in [0.5, 0.6) is 0 Å². The zero-order chi connectivity index (χ0) is 10.7. The Balaban J connectivity index is 3.08. The largest absolute Gasteiger partial charge is 0.337 e. The van der Waals surface area contributed by atoms with Gasteiger partial charge in [-0.1, -0.05) is 23.2 Å². The molecule has 3 nitrogen and oxygen atoms in total. The molecule has 1 aromatic rings. The summed E-state index contributed by atoms with van der Waals surface area (Å²) in [5.74, 6) is 0. The Morgan fingerprint density at radius 2 is 1.79 bits per heavy atom. The van der Waals surface area contributed by atoms with Crippen molar-refractivity contribution in [3.05, 3.63) is 49.1 Å². The Morgan fingerprint density at radius 3 is 2.21 bits per heavy atom. The van der Waals surface area contributed by atoms with Crippen molar-refractivity contribution in [3.63, 3.8) is 0 Å². The van der Waals surface area contributed by atoms with Gasteiger partial charge in [-0.25, -0.2) is 0 Å². The number of benzene rings is 1. The topological polar surface area (TPSA) is 43.1 Å². The summed E-state index contributed by atoms with van der Waals surface area (Å²) in [7, 11) is 0. The average molecular weight is 252 g/mol. The summed E-state index contributed by atoms with van der Waals surface area (Å²) >= 11 is 16.7. The van der Waals surface area contributed by atoms with E-state index in [1.54, 1.807) is 0 Å². The quantitative estimate of drug-likeness (QED) is 0.456. The molecule has 0 saturated carbocycles. The van der Waals surface area contributed by atoms with Crippen LogP contribution in [-0.2, 0) is 0 Å². The molecule has 14 heavy (non-hydrogen) atoms. The van der Waals surface area contributed by atoms with Gasteiger partial charge in [-0.05, 0) is 35.4 Å². The van der Waals surface area contributed by atoms with Crippen LogP contribution in [0.1, 0.15) is 5.56 Å². The zero-order valence-electron chi connectivity index (χ0n) is 6.71. The minimum Gasteiger partial charge on any atom is -0.257 e. The standard InChI is InChI=1S/C8H4Cl3NO2/c9-6-1-5(2-7(10)4-6)3-8(11)12(13)14/h1-4H. The Labute approximate surface area is 95.0 Å². The van der Waals surface area contributed by atoms with Gasteiger partial charge >= 0.3 is 5.16 Å². The summed E-state index contributed by atoms with van der Waals surface area (Å²) in [6, 6.07) is 4.58. The molecule has 0 saturated heterocycles. The van der Waals surface area contributed by atoms with Crippen LogP contribution < -0.4 is 0 Å². The molecule has 0 amide bonds. The van der Waals surface area contributed by atoms with Gasteiger partial charge in [0.15, 0.2) is 0 Å². The minimum absolute atomic E-state index is 0.400. The Bertz CT molecular complexity index is 383. The summed E-state index contributed by atoms with van der Waals surface area (Å²) < 4.78 is 0. The van der Waals surface area contributed by atoms with Gasteiger partial charge in [-0.15, -0.1) is 0 Å². The molecular formula is C8H4Cl3NO2. The van der Waals surface area contributed by atoms with Crippen molar-refractivity contribution < 1.29 is 4.92 Å². The fourth-order valence-corrected chi connectivity index (χ4v) is 1.52. The van der Waals surface area contributed by atoms with E-state index in [1.165, 1.54) is 24.3 Å². The molecule has 0 bridgehead atoms. The van der Waals surface area contributed by atoms with Crippen LogP contribution in [0.25, 0.3) is 6.08 Å². The molecule has 0 fully saturated rings. The van der Waals surface area contributed by atoms with Gasteiger partial charge in [-0.2, -0.15) is 0 Å². The first kappa shape index (κ1) is 11.3. The molecule has 0 atom stereocenters. The van der Waals surface area contributed by atoms with Gasteiger partial charge in [-0.3, -0.25) is 10.1 Å². The number of nitrogens with zero attached hydrogens (tertiary/aromatic N) is 1. The predicted molar refractivity (Wildman–Crippen MR) is 57.3 cm³/mol. The minimum atomic E-state index is -0.698. The molecule has 74 valence electrons. The lowest BCUT2D eigenvalue weighted by Gasteiger charge is -1.96. The van der Waals surface area contributed by atoms with Gasteiger partial charge in [0.25, 0.3) is 0 Å². The van der Waals surface area contributed by atoms with Gasteiger partial charge in [0.05, 0.1) is 4.92 Å². The lowest BCUT2D eigenvalue weighted by molar-refractivity contribution is -0.410. The molecular weight excluding hydrogens is 248 g/mol. The van der Waals surface area contributed by atoms with E-state index in [2.05, 4.69) is 0 Å². The fraction of sp³-hybridized carbons (Fsp3) is 0. The number of rotatable bonds is 2. The third-order valence-electron chi connectivity index (χ3n) is 1.35. The highest BCUT2D eigenvalue weighted by Crippen LogP contribution is 2.21. The maximum atomic E-state index is 10.2. The van der Waals surface area contributed by atoms with E-state index in [-0.39, 0.29) is 0 Å². The molecule has 0 aliphatic carbocycles. The Morgan fingerprint density at radius 1 is 1.29 bits per heavy atom. The van der Waals surface area contributed by atoms with Crippen LogP contribution in [0.3, 0.4) is 0 Å². The van der Waals surface area contributed by atoms with E-state index < -0.39 is 10.1 Å². The number of hydrogen-bond donors (Lipinski definition) is 0. The number of hydrogen-bond acceptors (Lipinski definition) is 2. The molecule has 0 N–H and O–H groups in total. The lowest BCUT2D eigenvalue weighted by Crippen LogP contribution is -1.90. The first-order chi connectivity index (χ1) is 6.49. The van der Waals surface area contributed by atoms with Crippen molar-refractivity contribution in [2.45, 2.75) is 0 Å². The number of nitro groups is 1. The van der Waals surface area contributed by atoms with Crippen LogP contribution in [0, 0.1) is 10.1 Å². The van der Waals surface area contributed by atoms with Gasteiger partial charge in [0, 0.05) is 16.1 Å². The molecule has 6 heteroatoms. The fourth-order valence-electron chi connectivity index (χ4n) is 0.849. The Kier molecular flexibility index (Phi) is 3.75. The van der Waals surface area contributed by atoms with Crippen molar-refractivity contribution in [2.24, 2.45) is 0 Å². The van der Waals surface area contributed by atoms with E-state index in [4.69, 9.17) is 34.8 Å². The van der Waals surface area contributed by atoms with E-state index in [9.17, 15) is 10.1 Å². The normalized spacial score (nSPS) is 11.5. The van der Waals surface area contributed by atoms with E-state index >= 15 is 0 Å². The molecule has 0 unspecified atom stereocenters. The van der Waals surface area contributed by atoms with Crippen molar-refractivity contribution in [3.8, 4) is 0 Å². The van der Waals surface area contributed by atoms with Crippen LogP contribution in [-0.4, -0.2) is 4.92 Å². The maximum absolute atomic E-state index is 10.2. The van der Waals surface area contributed by atoms with Gasteiger partial charge < -0.3 is 0 Å². The molecule has 0 aliphatic heterocycles. The first-order valence-electron chi connectivity index (χ1n) is 3.47. The first-order valence-corrected chi connectivity index (χ1v) is 4.60. The molecule has 0 heterocycles. The van der Waals surface area contributed by atoms with Crippen molar-refractivity contribution >= 4 is 40.9 Å². The highest BCUT2D eigenvalue weighted by atomic mass is 35.5. The monoisotopic (exact) mass is 251 g/mol. The van der Waals surface area contributed by atoms with Crippen molar-refractivity contribution in [2.75, 3.05) is 0 Å². The van der Waals surface area contributed by atoms with Crippen LogP contribution in [0.15, 0.2) is 23.4 Å². The second-order valence-corrected chi connectivity index (χ2v) is 3.69. The van der Waals surface area contributed by atoms with E-state index in [0.717, 1.165) is 0 Å². The molecule has 1 rings (SSSR count). The lowest BCUT2D eigenvalue weighted by atomic mass is 10.2. The van der Waals surface area contributed by atoms with Gasteiger partial charge in [0.1, 0.15) is 0 Å². The number of halogens is 3. The second kappa shape index (κ2) is 4.64. The average Bonchev–Trinajstić information content (AvgIpc) is 2.01.